The van der Waals surface area contributed by atoms with Crippen molar-refractivity contribution < 1.29 is 12.6 Å². The maximum atomic E-state index is 12.4. The van der Waals surface area contributed by atoms with Gasteiger partial charge in [0.15, 0.2) is 0 Å². The Kier molecular flexibility index (Phi) is 3.26. The van der Waals surface area contributed by atoms with Crippen LogP contribution >= 0.6 is 0 Å². The number of nitrogens with two attached hydrogens (primary N) is 1. The van der Waals surface area contributed by atoms with Gasteiger partial charge in [0.2, 0.25) is 0 Å². The topological polar surface area (TPSA) is 91.4 Å². The van der Waals surface area contributed by atoms with E-state index in [-0.39, 0.29) is 11.3 Å². The predicted octanol–water partition coefficient (Wildman–Crippen LogP) is 1.000. The summed E-state index contributed by atoms with van der Waals surface area (Å²) in [6.07, 6.45) is 3.76. The van der Waals surface area contributed by atoms with E-state index in [4.69, 9.17) is 5.14 Å². The van der Waals surface area contributed by atoms with E-state index < -0.39 is 10.3 Å². The van der Waals surface area contributed by atoms with Gasteiger partial charge in [-0.05, 0) is 43.4 Å². The van der Waals surface area contributed by atoms with Crippen LogP contribution in [0.25, 0.3) is 10.9 Å². The Hall–Kier alpha value is -1.86. The Morgan fingerprint density at radius 1 is 1.19 bits per heavy atom. The number of benzene rings is 1. The Morgan fingerprint density at radius 3 is 2.52 bits per heavy atom. The van der Waals surface area contributed by atoms with Gasteiger partial charge in [0.05, 0.1) is 5.52 Å². The summed E-state index contributed by atoms with van der Waals surface area (Å²) in [6, 6.07) is 4.89. The van der Waals surface area contributed by atoms with Crippen LogP contribution in [-0.2, 0) is 30.2 Å². The average Bonchev–Trinajstić information content (AvgIpc) is 2.43. The van der Waals surface area contributed by atoms with Crippen LogP contribution in [0.2, 0.25) is 0 Å². The Balaban J connectivity index is 2.27. The van der Waals surface area contributed by atoms with Gasteiger partial charge in [0, 0.05) is 24.1 Å². The maximum absolute atomic E-state index is 12.4. The molecule has 0 atom stereocenters. The van der Waals surface area contributed by atoms with Gasteiger partial charge >= 0.3 is 10.3 Å². The molecule has 0 amide bonds. The Labute approximate surface area is 122 Å². The third-order valence-electron chi connectivity index (χ3n) is 3.90. The molecule has 1 aliphatic carbocycles. The first-order valence-corrected chi connectivity index (χ1v) is 8.20. The zero-order chi connectivity index (χ0) is 15.2. The van der Waals surface area contributed by atoms with Gasteiger partial charge in [-0.15, -0.1) is 0 Å². The Morgan fingerprint density at radius 2 is 1.86 bits per heavy atom. The summed E-state index contributed by atoms with van der Waals surface area (Å²) in [5, 5.41) is 5.84. The van der Waals surface area contributed by atoms with E-state index in [9.17, 15) is 13.2 Å². The summed E-state index contributed by atoms with van der Waals surface area (Å²) in [7, 11) is -2.39. The predicted molar refractivity (Wildman–Crippen MR) is 79.6 cm³/mol. The summed E-state index contributed by atoms with van der Waals surface area (Å²) in [5.41, 5.74) is 2.57. The lowest BCUT2D eigenvalue weighted by atomic mass is 9.90. The minimum absolute atomic E-state index is 0.0232. The molecule has 1 heterocycles. The first kappa shape index (κ1) is 14.1. The van der Waals surface area contributed by atoms with E-state index in [2.05, 4.69) is 4.18 Å². The van der Waals surface area contributed by atoms with E-state index in [1.165, 1.54) is 10.6 Å². The van der Waals surface area contributed by atoms with Crippen molar-refractivity contribution in [3.8, 4) is 5.75 Å². The van der Waals surface area contributed by atoms with Crippen molar-refractivity contribution in [2.75, 3.05) is 0 Å². The third kappa shape index (κ3) is 2.54. The zero-order valence-electron chi connectivity index (χ0n) is 11.6. The maximum Gasteiger partial charge on any atom is 0.380 e. The van der Waals surface area contributed by atoms with Gasteiger partial charge in [-0.1, -0.05) is 0 Å². The number of aromatic nitrogens is 1. The molecule has 2 aromatic rings. The van der Waals surface area contributed by atoms with Crippen LogP contribution in [-0.4, -0.2) is 13.0 Å². The second kappa shape index (κ2) is 4.85. The summed E-state index contributed by atoms with van der Waals surface area (Å²) in [5.74, 6) is 0.107. The summed E-state index contributed by atoms with van der Waals surface area (Å²) in [4.78, 5) is 12.4. The molecular formula is C14H16N2O4S. The monoisotopic (exact) mass is 308 g/mol. The van der Waals surface area contributed by atoms with E-state index in [1.807, 2.05) is 0 Å². The molecular weight excluding hydrogens is 292 g/mol. The van der Waals surface area contributed by atoms with Crippen LogP contribution in [0.4, 0.5) is 0 Å². The molecule has 0 radical (unpaired) electrons. The minimum atomic E-state index is -4.07. The molecule has 1 aromatic carbocycles. The highest BCUT2D eigenvalue weighted by Crippen LogP contribution is 2.29. The quantitative estimate of drug-likeness (QED) is 0.896. The molecule has 0 aliphatic heterocycles. The van der Waals surface area contributed by atoms with Crippen molar-refractivity contribution in [3.05, 3.63) is 39.7 Å². The molecule has 0 bridgehead atoms. The van der Waals surface area contributed by atoms with Crippen molar-refractivity contribution in [3.63, 3.8) is 0 Å². The SMILES string of the molecule is Cn1c(=O)c2c(c3ccc(OS(N)(=O)=O)cc31)CCCC2. The van der Waals surface area contributed by atoms with Gasteiger partial charge in [0.1, 0.15) is 5.75 Å². The van der Waals surface area contributed by atoms with Crippen molar-refractivity contribution in [2.45, 2.75) is 25.7 Å². The summed E-state index contributed by atoms with van der Waals surface area (Å²) < 4.78 is 28.2. The molecule has 3 rings (SSSR count). The molecule has 1 aromatic heterocycles. The first-order chi connectivity index (χ1) is 9.87. The van der Waals surface area contributed by atoms with Gasteiger partial charge < -0.3 is 8.75 Å². The third-order valence-corrected chi connectivity index (χ3v) is 4.32. The van der Waals surface area contributed by atoms with E-state index >= 15 is 0 Å². The fraction of sp³-hybridized carbons (Fsp3) is 0.357. The molecule has 0 fully saturated rings. The molecule has 112 valence electrons. The molecule has 2 N–H and O–H groups in total. The van der Waals surface area contributed by atoms with E-state index in [0.717, 1.165) is 42.2 Å². The van der Waals surface area contributed by atoms with Crippen molar-refractivity contribution in [1.29, 1.82) is 0 Å². The number of hydrogen-bond acceptors (Lipinski definition) is 4. The number of hydrogen-bond donors (Lipinski definition) is 1. The van der Waals surface area contributed by atoms with Crippen LogP contribution in [0.3, 0.4) is 0 Å². The fourth-order valence-electron chi connectivity index (χ4n) is 2.98. The van der Waals surface area contributed by atoms with Crippen LogP contribution in [0.5, 0.6) is 5.75 Å². The summed E-state index contributed by atoms with van der Waals surface area (Å²) in [6.45, 7) is 0. The lowest BCUT2D eigenvalue weighted by molar-refractivity contribution is 0.488. The van der Waals surface area contributed by atoms with Crippen LogP contribution in [0.15, 0.2) is 23.0 Å². The molecule has 0 saturated carbocycles. The van der Waals surface area contributed by atoms with Gasteiger partial charge in [-0.25, -0.2) is 0 Å². The molecule has 0 spiro atoms. The second-order valence-electron chi connectivity index (χ2n) is 5.28. The lowest BCUT2D eigenvalue weighted by Crippen LogP contribution is -2.26. The van der Waals surface area contributed by atoms with Crippen molar-refractivity contribution in [1.82, 2.24) is 4.57 Å². The minimum Gasteiger partial charge on any atom is -0.371 e. The number of fused-ring (bicyclic) bond motifs is 3. The highest BCUT2D eigenvalue weighted by atomic mass is 32.2. The van der Waals surface area contributed by atoms with Crippen molar-refractivity contribution >= 4 is 21.2 Å². The van der Waals surface area contributed by atoms with Crippen LogP contribution < -0.4 is 14.9 Å². The average molecular weight is 308 g/mol. The van der Waals surface area contributed by atoms with Gasteiger partial charge in [-0.3, -0.25) is 4.79 Å². The number of rotatable bonds is 2. The number of nitrogens with zero attached hydrogens (tertiary/aromatic N) is 1. The van der Waals surface area contributed by atoms with E-state index in [1.54, 1.807) is 19.2 Å². The highest BCUT2D eigenvalue weighted by Gasteiger charge is 2.19. The first-order valence-electron chi connectivity index (χ1n) is 6.73. The standard InChI is InChI=1S/C14H16N2O4S/c1-16-13-8-9(20-21(15,18)19)6-7-11(13)10-4-2-3-5-12(10)14(16)17/h6-8H,2-5H2,1H3,(H2,15,18,19). The van der Waals surface area contributed by atoms with Crippen LogP contribution in [0.1, 0.15) is 24.0 Å². The van der Waals surface area contributed by atoms with E-state index in [0.29, 0.717) is 5.52 Å². The van der Waals surface area contributed by atoms with Gasteiger partial charge in [0.25, 0.3) is 5.56 Å². The largest absolute Gasteiger partial charge is 0.380 e. The zero-order valence-corrected chi connectivity index (χ0v) is 12.4. The molecule has 6 nitrogen and oxygen atoms in total. The molecule has 7 heteroatoms. The molecule has 1 aliphatic rings. The second-order valence-corrected chi connectivity index (χ2v) is 6.44. The molecule has 21 heavy (non-hydrogen) atoms. The fourth-order valence-corrected chi connectivity index (χ4v) is 3.35. The normalized spacial score (nSPS) is 15.0. The number of aryl methyl sites for hydroxylation is 2. The number of pyridine rings is 1. The molecule has 0 unspecified atom stereocenters. The lowest BCUT2D eigenvalue weighted by Gasteiger charge is -2.19. The Bertz CT molecular complexity index is 884. The van der Waals surface area contributed by atoms with Crippen LogP contribution in [0, 0.1) is 0 Å². The smallest absolute Gasteiger partial charge is 0.371 e. The molecule has 0 saturated heterocycles. The highest BCUT2D eigenvalue weighted by molar-refractivity contribution is 7.84. The van der Waals surface area contributed by atoms with Crippen molar-refractivity contribution in [2.24, 2.45) is 12.2 Å². The summed E-state index contributed by atoms with van der Waals surface area (Å²) >= 11 is 0. The van der Waals surface area contributed by atoms with Gasteiger partial charge in [-0.2, -0.15) is 13.6 Å².